The maximum atomic E-state index is 13.3. The molecule has 0 spiro atoms. The minimum atomic E-state index is -4.54. The van der Waals surface area contributed by atoms with Gasteiger partial charge in [-0.2, -0.15) is 0 Å². The van der Waals surface area contributed by atoms with Crippen molar-refractivity contribution in [3.05, 3.63) is 144 Å². The molecule has 0 unspecified atom stereocenters. The molecule has 0 aromatic heterocycles. The molecule has 30 atom stereocenters. The normalized spacial score (nSPS) is 37.3. The summed E-state index contributed by atoms with van der Waals surface area (Å²) in [6.45, 7) is 22.5. The molecule has 722 valence electrons. The van der Waals surface area contributed by atoms with Crippen LogP contribution >= 0.6 is 31.2 Å². The molecule has 0 heterocycles. The van der Waals surface area contributed by atoms with Crippen molar-refractivity contribution < 1.29 is 95.7 Å². The standard InChI is InChI=1S/C41H56O6S.C40H53ClO6.C25H43O8P.CH4/c1-28(15-18-37(42)44-25-29-11-7-5-8-12-29)33-16-17-34-38-35(20-22-41(33,34)3)40(2)21-19-32(46-27-48-4)23-31(40)24-36(38)47-39(43)45-26-30-13-9-6-10-14-30;1-27(14-17-36(42)44-24-28-10-6-4-7-11-28)32-15-16-33-37-34(19-21-40(32,33)3)39(2)20-18-31(46-26-41)22-30(39)23-35(37)47-38(43)45-25-29-12-8-5-9-13-29;1-15(4-7-22(27)28)18-5-6-19-23-20(9-11-25(18,19)3)24(2)10-8-17(12-16(24)13-21(23)26)32-14-33-34(29,30)31;/h5-14,28,31-36,38H,15-27H2,1-4H3;4-13,27,30-35,37H,14-26H2,1-3H3;15-21,23,26H,4-14H2,1-3H3,(H,27,28)(H2,29,30,31);1H4/t28-,31+,32-,33-,34+,35+,36+,38+,40+,41-;27-,30+,31-,32-,33+,34+,35+,37+,39+,40-;15-,16+,17-,18-,19+,20+,21+,23+,24+,25-;/m111./s1. The molecule has 16 rings (SSSR count). The van der Waals surface area contributed by atoms with Crippen LogP contribution in [-0.4, -0.2) is 112 Å². The Balaban J connectivity index is 0.000000168. The van der Waals surface area contributed by atoms with Crippen molar-refractivity contribution in [2.75, 3.05) is 25.1 Å². The summed E-state index contributed by atoms with van der Waals surface area (Å²) in [6.07, 6.45) is 29.6. The zero-order valence-corrected chi connectivity index (χ0v) is 81.1. The predicted octanol–water partition coefficient (Wildman–Crippen LogP) is 24.8. The van der Waals surface area contributed by atoms with Gasteiger partial charge in [0.15, 0.2) is 6.79 Å². The SMILES string of the molecule is C.CSCO[C@@H]1CC[C@@]2(C)[C@@H](C1)C[C@H](OC(=O)OCc1ccccc1)[C@@H]1[C@@H]2CC[C@]2(C)[C@@H]([C@H](C)CCC(=O)OCc3ccccc3)CC[C@@H]12.C[C@H](CCC(=O)O)[C@H]1CC[C@H]2[C@@H]3[C@@H](O)C[C@@H]4C[C@H](OCOP(=O)(O)O)CC[C@]4(C)[C@H]3CC[C@]12C.C[C@H](CCC(=O)OCc1ccccc1)[C@H]1CC[C@H]2[C@@H]3[C@@H](OC(=O)OCc4ccccc4)C[C@@H]4C[C@H](OCCl)CC[C@]4(C)[C@H]3CC[C@]12C. The third-order valence-electron chi connectivity index (χ3n) is 37.2. The lowest BCUT2D eigenvalue weighted by molar-refractivity contribution is -0.183. The van der Waals surface area contributed by atoms with Crippen LogP contribution in [0.2, 0.25) is 0 Å². The van der Waals surface area contributed by atoms with E-state index in [1.54, 1.807) is 11.8 Å². The molecule has 0 saturated heterocycles. The van der Waals surface area contributed by atoms with Gasteiger partial charge in [0.1, 0.15) is 44.7 Å². The first-order chi connectivity index (χ1) is 61.8. The van der Waals surface area contributed by atoms with Gasteiger partial charge in [0.2, 0.25) is 0 Å². The molecule has 0 radical (unpaired) electrons. The number of aliphatic hydroxyl groups is 1. The van der Waals surface area contributed by atoms with E-state index in [2.05, 4.69) is 73.1 Å². The van der Waals surface area contributed by atoms with Gasteiger partial charge < -0.3 is 62.6 Å². The average molecular weight is 1860 g/mol. The Bertz CT molecular complexity index is 4340. The van der Waals surface area contributed by atoms with Crippen LogP contribution in [0.1, 0.15) is 285 Å². The highest BCUT2D eigenvalue weighted by atomic mass is 35.5. The number of esters is 2. The number of thioether (sulfide) groups is 1. The molecular formula is C107H156ClO20PS. The monoisotopic (exact) mass is 1860 g/mol. The number of carbonyl (C=O) groups excluding carboxylic acids is 4. The summed E-state index contributed by atoms with van der Waals surface area (Å²) in [5, 5.41) is 20.6. The fourth-order valence-corrected chi connectivity index (χ4v) is 31.3. The first-order valence-corrected chi connectivity index (χ1v) is 52.9. The second kappa shape index (κ2) is 44.7. The largest absolute Gasteiger partial charge is 0.508 e. The quantitative estimate of drug-likeness (QED) is 0.0120. The fraction of sp³-hybridized carbons (Fsp3) is 0.729. The van der Waals surface area contributed by atoms with Gasteiger partial charge in [-0.25, -0.2) is 14.2 Å². The van der Waals surface area contributed by atoms with Gasteiger partial charge in [0, 0.05) is 31.1 Å². The minimum absolute atomic E-state index is 0. The van der Waals surface area contributed by atoms with Crippen LogP contribution in [0.15, 0.2) is 121 Å². The number of ether oxygens (including phenoxy) is 9. The summed E-state index contributed by atoms with van der Waals surface area (Å²) in [6, 6.07) is 39.6. The molecule has 12 fully saturated rings. The first-order valence-electron chi connectivity index (χ1n) is 49.4. The molecule has 0 bridgehead atoms. The van der Waals surface area contributed by atoms with Crippen molar-refractivity contribution >= 4 is 61.4 Å². The van der Waals surface area contributed by atoms with Crippen LogP contribution in [0, 0.1) is 139 Å². The smallest absolute Gasteiger partial charge is 0.481 e. The van der Waals surface area contributed by atoms with Crippen LogP contribution < -0.4 is 0 Å². The number of carboxylic acid groups (broad SMARTS) is 1. The third kappa shape index (κ3) is 23.3. The predicted molar refractivity (Wildman–Crippen MR) is 505 cm³/mol. The van der Waals surface area contributed by atoms with Gasteiger partial charge in [0.25, 0.3) is 0 Å². The maximum absolute atomic E-state index is 13.3. The fourth-order valence-electron chi connectivity index (χ4n) is 30.6. The van der Waals surface area contributed by atoms with Crippen LogP contribution in [-0.2, 0) is 92.5 Å². The molecule has 12 aliphatic rings. The summed E-state index contributed by atoms with van der Waals surface area (Å²) in [5.74, 6) is 7.66. The summed E-state index contributed by atoms with van der Waals surface area (Å²) < 4.78 is 68.7. The van der Waals surface area contributed by atoms with E-state index in [1.807, 2.05) is 121 Å². The van der Waals surface area contributed by atoms with E-state index in [1.165, 1.54) is 32.1 Å². The number of benzene rings is 4. The lowest BCUT2D eigenvalue weighted by atomic mass is 9.43. The number of rotatable bonds is 31. The highest BCUT2D eigenvalue weighted by Crippen LogP contribution is 2.73. The summed E-state index contributed by atoms with van der Waals surface area (Å²) in [7, 11) is -4.54. The van der Waals surface area contributed by atoms with Gasteiger partial charge in [0.05, 0.1) is 30.4 Å². The van der Waals surface area contributed by atoms with Crippen molar-refractivity contribution in [1.82, 2.24) is 0 Å². The number of carbonyl (C=O) groups is 5. The Morgan fingerprint density at radius 1 is 0.423 bits per heavy atom. The van der Waals surface area contributed by atoms with Crippen molar-refractivity contribution in [1.29, 1.82) is 0 Å². The molecule has 12 saturated carbocycles. The second-order valence-electron chi connectivity index (χ2n) is 43.5. The molecule has 12 aliphatic carbocycles. The average Bonchev–Trinajstić information content (AvgIpc) is 1.43. The lowest BCUT2D eigenvalue weighted by Crippen LogP contribution is -2.59. The number of aliphatic carboxylic acids is 1. The van der Waals surface area contributed by atoms with Crippen LogP contribution in [0.25, 0.3) is 0 Å². The maximum Gasteiger partial charge on any atom is 0.508 e. The number of carboxylic acids is 1. The molecular weight excluding hydrogens is 1700 g/mol. The van der Waals surface area contributed by atoms with Crippen molar-refractivity contribution in [2.24, 2.45) is 139 Å². The molecule has 23 heteroatoms. The lowest BCUT2D eigenvalue weighted by Gasteiger charge is -2.62. The number of hydrogen-bond acceptors (Lipinski definition) is 18. The van der Waals surface area contributed by atoms with Gasteiger partial charge in [-0.15, -0.1) is 11.8 Å². The van der Waals surface area contributed by atoms with E-state index in [0.717, 1.165) is 169 Å². The van der Waals surface area contributed by atoms with Crippen molar-refractivity contribution in [2.45, 2.75) is 325 Å². The Morgan fingerprint density at radius 3 is 1.11 bits per heavy atom. The number of phosphoric acid groups is 1. The topological polar surface area (TPSA) is 276 Å². The molecule has 0 amide bonds. The number of hydrogen-bond donors (Lipinski definition) is 4. The Labute approximate surface area is 785 Å². The zero-order valence-electron chi connectivity index (χ0n) is 78.6. The Hall–Kier alpha value is -5.58. The van der Waals surface area contributed by atoms with E-state index < -0.39 is 32.9 Å². The Morgan fingerprint density at radius 2 is 0.746 bits per heavy atom. The van der Waals surface area contributed by atoms with Crippen LogP contribution in [0.5, 0.6) is 0 Å². The van der Waals surface area contributed by atoms with Gasteiger partial charge in [-0.3, -0.25) is 18.9 Å². The van der Waals surface area contributed by atoms with Crippen LogP contribution in [0.4, 0.5) is 9.59 Å². The number of halogens is 1. The second-order valence-corrected chi connectivity index (χ2v) is 45.7. The molecule has 4 aromatic rings. The zero-order chi connectivity index (χ0) is 91.6. The third-order valence-corrected chi connectivity index (χ3v) is 38.1. The van der Waals surface area contributed by atoms with Crippen molar-refractivity contribution in [3.8, 4) is 0 Å². The highest BCUT2D eigenvalue weighted by molar-refractivity contribution is 7.98. The van der Waals surface area contributed by atoms with Gasteiger partial charge in [-0.1, -0.05) is 203 Å². The number of alkyl halides is 1. The first kappa shape index (κ1) is 102. The number of aliphatic hydroxyl groups excluding tert-OH is 1. The van der Waals surface area contributed by atoms with E-state index in [0.29, 0.717) is 133 Å². The van der Waals surface area contributed by atoms with E-state index in [-0.39, 0.29) is 114 Å². The molecule has 4 N–H and O–H groups in total. The van der Waals surface area contributed by atoms with Gasteiger partial charge >= 0.3 is 38.0 Å². The molecule has 0 aliphatic heterocycles. The summed E-state index contributed by atoms with van der Waals surface area (Å²) in [5.41, 5.74) is 4.99. The van der Waals surface area contributed by atoms with E-state index in [9.17, 15) is 33.6 Å². The van der Waals surface area contributed by atoms with E-state index in [4.69, 9.17) is 69.1 Å². The van der Waals surface area contributed by atoms with Crippen molar-refractivity contribution in [3.63, 3.8) is 0 Å². The minimum Gasteiger partial charge on any atom is -0.481 e. The summed E-state index contributed by atoms with van der Waals surface area (Å²) >= 11 is 7.74. The molecule has 130 heavy (non-hydrogen) atoms. The molecule has 4 aromatic carbocycles. The highest BCUT2D eigenvalue weighted by Gasteiger charge is 2.68. The Kier molecular flexibility index (Phi) is 35.0. The van der Waals surface area contributed by atoms with Crippen LogP contribution in [0.3, 0.4) is 0 Å². The number of fused-ring (bicyclic) bond motifs is 15. The number of phosphoric ester groups is 1. The van der Waals surface area contributed by atoms with E-state index >= 15 is 0 Å². The summed E-state index contributed by atoms with van der Waals surface area (Å²) in [4.78, 5) is 80.9. The van der Waals surface area contributed by atoms with Gasteiger partial charge in [-0.05, 0) is 329 Å². The molecule has 20 nitrogen and oxygen atoms in total.